The summed E-state index contributed by atoms with van der Waals surface area (Å²) in [6, 6.07) is 9.26. The lowest BCUT2D eigenvalue weighted by Gasteiger charge is -2.39. The number of aliphatic imine (C=N–C) groups is 1. The average Bonchev–Trinajstić information content (AvgIpc) is 2.86. The molecule has 1 aromatic carbocycles. The summed E-state index contributed by atoms with van der Waals surface area (Å²) in [5, 5.41) is -0.890. The first-order valence-electron chi connectivity index (χ1n) is 12.3. The molecule has 2 aliphatic heterocycles. The summed E-state index contributed by atoms with van der Waals surface area (Å²) in [5.41, 5.74) is 0.949. The monoisotopic (exact) mass is 532 g/mol. The van der Waals surface area contributed by atoms with Crippen LogP contribution in [0, 0.1) is 5.82 Å². The van der Waals surface area contributed by atoms with Crippen LogP contribution < -0.4 is 4.72 Å². The van der Waals surface area contributed by atoms with E-state index in [4.69, 9.17) is 9.47 Å². The van der Waals surface area contributed by atoms with Crippen LogP contribution in [-0.2, 0) is 25.9 Å². The van der Waals surface area contributed by atoms with Crippen LogP contribution in [-0.4, -0.2) is 61.5 Å². The van der Waals surface area contributed by atoms with Crippen LogP contribution in [0.4, 0.5) is 9.18 Å². The summed E-state index contributed by atoms with van der Waals surface area (Å²) in [7, 11) is -2.46. The predicted molar refractivity (Wildman–Crippen MR) is 137 cm³/mol. The number of amidine groups is 1. The maximum absolute atomic E-state index is 14.1. The topological polar surface area (TPSA) is 110 Å². The van der Waals surface area contributed by atoms with Crippen molar-refractivity contribution in [3.8, 4) is 0 Å². The third-order valence-electron chi connectivity index (χ3n) is 7.02. The lowest BCUT2D eigenvalue weighted by Crippen LogP contribution is -2.59. The zero-order valence-corrected chi connectivity index (χ0v) is 22.3. The van der Waals surface area contributed by atoms with Crippen LogP contribution in [0.1, 0.15) is 62.4 Å². The first-order valence-corrected chi connectivity index (χ1v) is 13.9. The zero-order valence-electron chi connectivity index (χ0n) is 21.5. The molecular formula is C26H33FN4O5S. The number of pyridine rings is 1. The van der Waals surface area contributed by atoms with Crippen LogP contribution in [0.25, 0.3) is 0 Å². The van der Waals surface area contributed by atoms with Crippen molar-refractivity contribution < 1.29 is 27.1 Å². The molecule has 9 nitrogen and oxygen atoms in total. The number of benzene rings is 1. The number of halogens is 1. The molecule has 2 fully saturated rings. The van der Waals surface area contributed by atoms with Gasteiger partial charge in [-0.15, -0.1) is 0 Å². The van der Waals surface area contributed by atoms with Gasteiger partial charge in [-0.2, -0.15) is 0 Å². The molecule has 37 heavy (non-hydrogen) atoms. The van der Waals surface area contributed by atoms with Gasteiger partial charge in [-0.1, -0.05) is 24.3 Å². The van der Waals surface area contributed by atoms with E-state index >= 15 is 0 Å². The van der Waals surface area contributed by atoms with Crippen LogP contribution in [0.15, 0.2) is 47.6 Å². The van der Waals surface area contributed by atoms with Gasteiger partial charge in [0.05, 0.1) is 13.2 Å². The Morgan fingerprint density at radius 1 is 1.27 bits per heavy atom. The summed E-state index contributed by atoms with van der Waals surface area (Å²) in [6.45, 7) is 6.30. The second kappa shape index (κ2) is 10.6. The number of hydrogen-bond acceptors (Lipinski definition) is 7. The van der Waals surface area contributed by atoms with Crippen LogP contribution in [0.3, 0.4) is 0 Å². The first kappa shape index (κ1) is 26.8. The van der Waals surface area contributed by atoms with E-state index in [1.807, 2.05) is 12.1 Å². The third-order valence-corrected chi connectivity index (χ3v) is 8.96. The Bertz CT molecular complexity index is 1260. The SMILES string of the molecule is COC(=O)N1CCC(c2ccc(CC3C(C)(C)OC(=NC(C)c4ccccc4F)NS3(=O)=O)cn2)CC1. The Morgan fingerprint density at radius 3 is 2.57 bits per heavy atom. The molecule has 0 aliphatic carbocycles. The van der Waals surface area contributed by atoms with Crippen molar-refractivity contribution in [3.05, 3.63) is 65.2 Å². The zero-order chi connectivity index (χ0) is 26.8. The predicted octanol–water partition coefficient (Wildman–Crippen LogP) is 3.92. The van der Waals surface area contributed by atoms with E-state index < -0.39 is 32.7 Å². The summed E-state index contributed by atoms with van der Waals surface area (Å²) < 4.78 is 53.7. The van der Waals surface area contributed by atoms with Gasteiger partial charge < -0.3 is 14.4 Å². The van der Waals surface area contributed by atoms with Crippen molar-refractivity contribution in [3.63, 3.8) is 0 Å². The Balaban J connectivity index is 1.43. The molecule has 2 unspecified atom stereocenters. The van der Waals surface area contributed by atoms with Crippen LogP contribution in [0.5, 0.6) is 0 Å². The van der Waals surface area contributed by atoms with E-state index in [1.54, 1.807) is 50.1 Å². The first-order chi connectivity index (χ1) is 17.5. The number of nitrogens with zero attached hydrogens (tertiary/aromatic N) is 3. The highest BCUT2D eigenvalue weighted by Gasteiger charge is 2.47. The molecule has 2 atom stereocenters. The van der Waals surface area contributed by atoms with E-state index in [0.29, 0.717) is 18.7 Å². The van der Waals surface area contributed by atoms with Gasteiger partial charge in [0.2, 0.25) is 10.0 Å². The molecule has 4 rings (SSSR count). The van der Waals surface area contributed by atoms with Crippen molar-refractivity contribution in [2.75, 3.05) is 20.2 Å². The Hall–Kier alpha value is -3.21. The lowest BCUT2D eigenvalue weighted by molar-refractivity contribution is 0.0761. The minimum absolute atomic E-state index is 0.149. The van der Waals surface area contributed by atoms with E-state index in [0.717, 1.165) is 24.1 Å². The number of sulfonamides is 1. The lowest BCUT2D eigenvalue weighted by atomic mass is 9.92. The van der Waals surface area contributed by atoms with Gasteiger partial charge in [-0.3, -0.25) is 4.98 Å². The number of ether oxygens (including phenoxy) is 2. The van der Waals surface area contributed by atoms with Gasteiger partial charge in [-0.25, -0.2) is 27.3 Å². The van der Waals surface area contributed by atoms with Crippen LogP contribution >= 0.6 is 0 Å². The Morgan fingerprint density at radius 2 is 1.97 bits per heavy atom. The van der Waals surface area contributed by atoms with Crippen molar-refractivity contribution in [1.29, 1.82) is 0 Å². The average molecular weight is 533 g/mol. The van der Waals surface area contributed by atoms with Gasteiger partial charge in [0, 0.05) is 36.5 Å². The fourth-order valence-electron chi connectivity index (χ4n) is 4.87. The molecule has 11 heteroatoms. The van der Waals surface area contributed by atoms with Gasteiger partial charge in [0.1, 0.15) is 16.7 Å². The Kier molecular flexibility index (Phi) is 7.72. The van der Waals surface area contributed by atoms with Crippen LogP contribution in [0.2, 0.25) is 0 Å². The maximum atomic E-state index is 14.1. The number of piperidine rings is 1. The molecule has 200 valence electrons. The molecule has 1 N–H and O–H groups in total. The van der Waals surface area contributed by atoms with E-state index in [9.17, 15) is 17.6 Å². The molecule has 2 aliphatic rings. The third kappa shape index (κ3) is 6.03. The number of nitrogens with one attached hydrogen (secondary N) is 1. The summed E-state index contributed by atoms with van der Waals surface area (Å²) in [5.74, 6) is -0.190. The molecule has 2 saturated heterocycles. The van der Waals surface area contributed by atoms with Crippen molar-refractivity contribution >= 4 is 22.1 Å². The smallest absolute Gasteiger partial charge is 0.409 e. The minimum Gasteiger partial charge on any atom is -0.457 e. The molecule has 3 heterocycles. The van der Waals surface area contributed by atoms with Crippen molar-refractivity contribution in [2.24, 2.45) is 4.99 Å². The number of hydrogen-bond donors (Lipinski definition) is 1. The van der Waals surface area contributed by atoms with Gasteiger partial charge >= 0.3 is 6.09 Å². The number of carbonyl (C=O) groups is 1. The number of carbonyl (C=O) groups excluding carboxylic acids is 1. The number of aromatic nitrogens is 1. The second-order valence-corrected chi connectivity index (χ2v) is 11.9. The summed E-state index contributed by atoms with van der Waals surface area (Å²) in [6.07, 6.45) is 3.17. The van der Waals surface area contributed by atoms with E-state index in [1.165, 1.54) is 13.2 Å². The number of rotatable bonds is 5. The minimum atomic E-state index is -3.84. The molecular weight excluding hydrogens is 499 g/mol. The molecule has 2 aromatic rings. The molecule has 0 saturated carbocycles. The van der Waals surface area contributed by atoms with Crippen molar-refractivity contribution in [1.82, 2.24) is 14.6 Å². The Labute approximate surface area is 217 Å². The highest BCUT2D eigenvalue weighted by atomic mass is 32.2. The number of likely N-dealkylation sites (tertiary alicyclic amines) is 1. The highest BCUT2D eigenvalue weighted by molar-refractivity contribution is 7.90. The summed E-state index contributed by atoms with van der Waals surface area (Å²) in [4.78, 5) is 22.3. The fourth-order valence-corrected chi connectivity index (χ4v) is 6.56. The molecule has 1 amide bonds. The summed E-state index contributed by atoms with van der Waals surface area (Å²) >= 11 is 0. The van der Waals surface area contributed by atoms with Gasteiger partial charge in [0.25, 0.3) is 6.02 Å². The van der Waals surface area contributed by atoms with Gasteiger partial charge in [-0.05, 0) is 57.7 Å². The number of amides is 1. The molecule has 0 radical (unpaired) electrons. The van der Waals surface area contributed by atoms with Crippen molar-refractivity contribution in [2.45, 2.75) is 62.8 Å². The second-order valence-electron chi connectivity index (χ2n) is 10.00. The quantitative estimate of drug-likeness (QED) is 0.625. The van der Waals surface area contributed by atoms with E-state index in [2.05, 4.69) is 14.7 Å². The highest BCUT2D eigenvalue weighted by Crippen LogP contribution is 2.31. The molecule has 1 aromatic heterocycles. The maximum Gasteiger partial charge on any atom is 0.409 e. The molecule has 0 bridgehead atoms. The largest absolute Gasteiger partial charge is 0.457 e. The standard InChI is InChI=1S/C26H33FN4O5S/c1-17(20-7-5-6-8-21(20)27)29-24-30-37(33,34)23(26(2,3)36-24)15-18-9-10-22(28-16-18)19-11-13-31(14-12-19)25(32)35-4/h5-10,16-17,19,23H,11-15H2,1-4H3,(H,29,30). The fraction of sp³-hybridized carbons (Fsp3) is 0.500. The number of methoxy groups -OCH3 is 1. The molecule has 0 spiro atoms. The van der Waals surface area contributed by atoms with Gasteiger partial charge in [0.15, 0.2) is 0 Å². The van der Waals surface area contributed by atoms with E-state index in [-0.39, 0.29) is 24.5 Å². The normalized spacial score (nSPS) is 23.1.